The first-order valence-electron chi connectivity index (χ1n) is 9.75. The molecule has 0 aliphatic carbocycles. The Labute approximate surface area is 174 Å². The van der Waals surface area contributed by atoms with Crippen LogP contribution in [0.4, 0.5) is 5.69 Å². The number of nitrogens with zero attached hydrogens (tertiary/aromatic N) is 1. The minimum Gasteiger partial charge on any atom is -0.327 e. The third kappa shape index (κ3) is 4.22. The number of anilines is 1. The van der Waals surface area contributed by atoms with Crippen LogP contribution >= 0.6 is 22.9 Å². The zero-order valence-electron chi connectivity index (χ0n) is 16.2. The number of likely N-dealkylation sites (tertiary alicyclic amines) is 1. The van der Waals surface area contributed by atoms with Gasteiger partial charge in [0.05, 0.1) is 39.9 Å². The predicted octanol–water partition coefficient (Wildman–Crippen LogP) is 3.97. The van der Waals surface area contributed by atoms with Crippen LogP contribution in [0.25, 0.3) is 10.2 Å². The van der Waals surface area contributed by atoms with Gasteiger partial charge in [0, 0.05) is 0 Å². The molecule has 1 aromatic heterocycles. The summed E-state index contributed by atoms with van der Waals surface area (Å²) in [6, 6.07) is 12.2. The molecule has 0 radical (unpaired) electrons. The van der Waals surface area contributed by atoms with Gasteiger partial charge in [0.15, 0.2) is 6.54 Å². The van der Waals surface area contributed by atoms with Crippen molar-refractivity contribution < 1.29 is 9.69 Å². The van der Waals surface area contributed by atoms with Crippen LogP contribution in [0.2, 0.25) is 5.02 Å². The number of amides is 1. The van der Waals surface area contributed by atoms with Gasteiger partial charge < -0.3 is 10.2 Å². The van der Waals surface area contributed by atoms with E-state index < -0.39 is 0 Å². The lowest BCUT2D eigenvalue weighted by Gasteiger charge is -2.28. The quantitative estimate of drug-likeness (QED) is 0.678. The summed E-state index contributed by atoms with van der Waals surface area (Å²) in [5.74, 6) is 0.451. The van der Waals surface area contributed by atoms with Gasteiger partial charge in [0.2, 0.25) is 0 Å². The molecule has 2 heterocycles. The van der Waals surface area contributed by atoms with E-state index in [9.17, 15) is 4.79 Å². The average Bonchev–Trinajstić information content (AvgIpc) is 3.09. The standard InChI is InChI=1S/C22H24ClN3OS/c1-14-10-15(2)21(17(23)11-14)25-20(27)13-26-9-5-6-16(12-26)22-24-18-7-3-4-8-19(18)28-22/h3-4,7-8,10-11,16H,5-6,9,12-13H2,1-2H3,(H,25,27)/p+1/t16-/m0/s1. The summed E-state index contributed by atoms with van der Waals surface area (Å²) >= 11 is 8.13. The van der Waals surface area contributed by atoms with E-state index in [0.29, 0.717) is 17.5 Å². The normalized spacial score (nSPS) is 19.7. The van der Waals surface area contributed by atoms with Crippen molar-refractivity contribution in [2.75, 3.05) is 25.0 Å². The molecule has 0 bridgehead atoms. The van der Waals surface area contributed by atoms with E-state index in [1.807, 2.05) is 32.0 Å². The van der Waals surface area contributed by atoms with Crippen LogP contribution in [0.15, 0.2) is 36.4 Å². The number of quaternary nitrogens is 1. The van der Waals surface area contributed by atoms with Crippen molar-refractivity contribution in [1.29, 1.82) is 0 Å². The minimum absolute atomic E-state index is 0.0220. The number of thiazole rings is 1. The van der Waals surface area contributed by atoms with Gasteiger partial charge in [0.25, 0.3) is 5.91 Å². The number of piperidine rings is 1. The van der Waals surface area contributed by atoms with Crippen LogP contribution in [-0.4, -0.2) is 30.5 Å². The first kappa shape index (κ1) is 19.4. The molecule has 1 unspecified atom stereocenters. The maximum atomic E-state index is 12.7. The molecule has 1 aliphatic heterocycles. The molecule has 146 valence electrons. The van der Waals surface area contributed by atoms with Crippen LogP contribution in [0.5, 0.6) is 0 Å². The van der Waals surface area contributed by atoms with Gasteiger partial charge >= 0.3 is 0 Å². The van der Waals surface area contributed by atoms with Gasteiger partial charge in [-0.15, -0.1) is 11.3 Å². The van der Waals surface area contributed by atoms with Crippen molar-refractivity contribution in [2.24, 2.45) is 0 Å². The SMILES string of the molecule is Cc1cc(C)c(NC(=O)C[NH+]2CCC[C@H](c3nc4ccccc4s3)C2)c(Cl)c1. The second-order valence-corrected chi connectivity index (χ2v) is 9.20. The Morgan fingerprint density at radius 1 is 1.32 bits per heavy atom. The summed E-state index contributed by atoms with van der Waals surface area (Å²) in [6.45, 7) is 6.42. The number of benzene rings is 2. The average molecular weight is 415 g/mol. The molecule has 2 aromatic carbocycles. The Hall–Kier alpha value is -1.95. The van der Waals surface area contributed by atoms with Crippen LogP contribution in [0.3, 0.4) is 0 Å². The largest absolute Gasteiger partial charge is 0.327 e. The van der Waals surface area contributed by atoms with Crippen LogP contribution in [0, 0.1) is 13.8 Å². The van der Waals surface area contributed by atoms with Gasteiger partial charge in [-0.25, -0.2) is 4.98 Å². The van der Waals surface area contributed by atoms with E-state index >= 15 is 0 Å². The first-order chi connectivity index (χ1) is 13.5. The number of hydrogen-bond donors (Lipinski definition) is 2. The molecule has 1 fully saturated rings. The lowest BCUT2D eigenvalue weighted by atomic mass is 9.99. The summed E-state index contributed by atoms with van der Waals surface area (Å²) in [7, 11) is 0. The predicted molar refractivity (Wildman–Crippen MR) is 117 cm³/mol. The van der Waals surface area contributed by atoms with Gasteiger partial charge in [-0.3, -0.25) is 4.79 Å². The minimum atomic E-state index is 0.0220. The Morgan fingerprint density at radius 2 is 2.14 bits per heavy atom. The van der Waals surface area contributed by atoms with Crippen molar-refractivity contribution >= 4 is 44.7 Å². The maximum Gasteiger partial charge on any atom is 0.279 e. The Balaban J connectivity index is 1.41. The number of nitrogens with one attached hydrogen (secondary N) is 2. The van der Waals surface area contributed by atoms with E-state index in [1.165, 1.54) is 14.6 Å². The second kappa shape index (κ2) is 8.19. The Bertz CT molecular complexity index is 960. The fraction of sp³-hybridized carbons (Fsp3) is 0.364. The molecule has 0 spiro atoms. The molecule has 4 rings (SSSR count). The Morgan fingerprint density at radius 3 is 2.93 bits per heavy atom. The van der Waals surface area contributed by atoms with Crippen molar-refractivity contribution in [3.63, 3.8) is 0 Å². The van der Waals surface area contributed by atoms with Crippen molar-refractivity contribution in [1.82, 2.24) is 4.98 Å². The number of aryl methyl sites for hydroxylation is 2. The highest BCUT2D eigenvalue weighted by atomic mass is 35.5. The number of carbonyl (C=O) groups is 1. The molecule has 2 N–H and O–H groups in total. The number of halogens is 1. The zero-order chi connectivity index (χ0) is 19.7. The topological polar surface area (TPSA) is 46.4 Å². The van der Waals surface area contributed by atoms with E-state index in [-0.39, 0.29) is 5.91 Å². The summed E-state index contributed by atoms with van der Waals surface area (Å²) in [6.07, 6.45) is 2.27. The highest BCUT2D eigenvalue weighted by Gasteiger charge is 2.28. The number of para-hydroxylation sites is 1. The molecule has 1 aliphatic rings. The number of aromatic nitrogens is 1. The van der Waals surface area contributed by atoms with Crippen LogP contribution in [0.1, 0.15) is 34.9 Å². The van der Waals surface area contributed by atoms with Crippen LogP contribution < -0.4 is 10.2 Å². The fourth-order valence-corrected chi connectivity index (χ4v) is 5.54. The van der Waals surface area contributed by atoms with Crippen LogP contribution in [-0.2, 0) is 4.79 Å². The molecular formula is C22H25ClN3OS+. The van der Waals surface area contributed by atoms with Crippen molar-refractivity contribution in [3.8, 4) is 0 Å². The van der Waals surface area contributed by atoms with Crippen molar-refractivity contribution in [2.45, 2.75) is 32.6 Å². The molecule has 1 amide bonds. The maximum absolute atomic E-state index is 12.7. The highest BCUT2D eigenvalue weighted by Crippen LogP contribution is 2.30. The molecule has 1 saturated heterocycles. The summed E-state index contributed by atoms with van der Waals surface area (Å²) in [4.78, 5) is 18.8. The smallest absolute Gasteiger partial charge is 0.279 e. The lowest BCUT2D eigenvalue weighted by molar-refractivity contribution is -0.898. The number of fused-ring (bicyclic) bond motifs is 1. The zero-order valence-corrected chi connectivity index (χ0v) is 17.8. The Kier molecular flexibility index (Phi) is 5.67. The summed E-state index contributed by atoms with van der Waals surface area (Å²) < 4.78 is 1.24. The number of hydrogen-bond acceptors (Lipinski definition) is 3. The monoisotopic (exact) mass is 414 g/mol. The summed E-state index contributed by atoms with van der Waals surface area (Å²) in [5, 5.41) is 4.83. The van der Waals surface area contributed by atoms with E-state index in [2.05, 4.69) is 23.5 Å². The molecular weight excluding hydrogens is 390 g/mol. The second-order valence-electron chi connectivity index (χ2n) is 7.73. The third-order valence-electron chi connectivity index (χ3n) is 5.38. The summed E-state index contributed by atoms with van der Waals surface area (Å²) in [5.41, 5.74) is 3.91. The van der Waals surface area contributed by atoms with E-state index in [4.69, 9.17) is 16.6 Å². The molecule has 2 atom stereocenters. The number of rotatable bonds is 4. The lowest BCUT2D eigenvalue weighted by Crippen LogP contribution is -3.14. The van der Waals surface area contributed by atoms with Gasteiger partial charge in [-0.2, -0.15) is 0 Å². The van der Waals surface area contributed by atoms with Gasteiger partial charge in [-0.1, -0.05) is 29.8 Å². The van der Waals surface area contributed by atoms with E-state index in [0.717, 1.165) is 48.3 Å². The van der Waals surface area contributed by atoms with Crippen molar-refractivity contribution in [3.05, 3.63) is 57.6 Å². The van der Waals surface area contributed by atoms with E-state index in [1.54, 1.807) is 11.3 Å². The molecule has 6 heteroatoms. The third-order valence-corrected chi connectivity index (χ3v) is 6.88. The first-order valence-corrected chi connectivity index (χ1v) is 10.9. The number of carbonyl (C=O) groups excluding carboxylic acids is 1. The van der Waals surface area contributed by atoms with Gasteiger partial charge in [0.1, 0.15) is 5.01 Å². The molecule has 0 saturated carbocycles. The van der Waals surface area contributed by atoms with Gasteiger partial charge in [-0.05, 0) is 56.0 Å². The highest BCUT2D eigenvalue weighted by molar-refractivity contribution is 7.18. The fourth-order valence-electron chi connectivity index (χ4n) is 4.07. The molecule has 4 nitrogen and oxygen atoms in total. The molecule has 3 aromatic rings. The molecule has 28 heavy (non-hydrogen) atoms.